The number of halogens is 1. The van der Waals surface area contributed by atoms with Crippen molar-refractivity contribution in [1.29, 1.82) is 5.26 Å². The van der Waals surface area contributed by atoms with Crippen LogP contribution in [-0.2, 0) is 0 Å². The second-order valence-electron chi connectivity index (χ2n) is 2.74. The van der Waals surface area contributed by atoms with Crippen molar-refractivity contribution in [3.8, 4) is 11.8 Å². The lowest BCUT2D eigenvalue weighted by atomic mass is 10.2. The topological polar surface area (TPSA) is 41.6 Å². The predicted molar refractivity (Wildman–Crippen MR) is 56.0 cm³/mol. The van der Waals surface area contributed by atoms with E-state index in [-0.39, 0.29) is 0 Å². The fraction of sp³-hybridized carbons (Fsp3) is 0. The average molecular weight is 248 g/mol. The van der Waals surface area contributed by atoms with Gasteiger partial charge in [0.05, 0.1) is 17.6 Å². The third kappa shape index (κ3) is 1.54. The van der Waals surface area contributed by atoms with Crippen LogP contribution in [0.15, 0.2) is 41.4 Å². The number of hydrogen-bond acceptors (Lipinski definition) is 2. The molecule has 0 fully saturated rings. The van der Waals surface area contributed by atoms with E-state index in [0.29, 0.717) is 5.56 Å². The van der Waals surface area contributed by atoms with Crippen molar-refractivity contribution in [2.75, 3.05) is 0 Å². The molecule has 14 heavy (non-hydrogen) atoms. The van der Waals surface area contributed by atoms with Crippen LogP contribution in [0.2, 0.25) is 0 Å². The van der Waals surface area contributed by atoms with Gasteiger partial charge in [0.2, 0.25) is 0 Å². The van der Waals surface area contributed by atoms with Crippen molar-refractivity contribution in [2.45, 2.75) is 0 Å². The van der Waals surface area contributed by atoms with Crippen molar-refractivity contribution in [3.05, 3.63) is 47.0 Å². The molecule has 1 heterocycles. The van der Waals surface area contributed by atoms with E-state index in [1.54, 1.807) is 18.6 Å². The molecule has 0 bridgehead atoms. The summed E-state index contributed by atoms with van der Waals surface area (Å²) in [5.41, 5.74) is 1.46. The number of hydrogen-bond donors (Lipinski definition) is 0. The van der Waals surface area contributed by atoms with Gasteiger partial charge in [-0.1, -0.05) is 15.9 Å². The minimum Gasteiger partial charge on any atom is -0.305 e. The summed E-state index contributed by atoms with van der Waals surface area (Å²) in [6, 6.07) is 7.65. The summed E-state index contributed by atoms with van der Waals surface area (Å²) in [6.07, 6.45) is 5.16. The van der Waals surface area contributed by atoms with Gasteiger partial charge in [-0.25, -0.2) is 4.98 Å². The summed E-state index contributed by atoms with van der Waals surface area (Å²) in [5, 5.41) is 8.91. The van der Waals surface area contributed by atoms with E-state index in [1.807, 2.05) is 22.9 Å². The standard InChI is InChI=1S/C10H6BrN3/c11-9-2-1-8(6-12)10(5-9)14-4-3-13-7-14/h1-5,7H. The molecule has 0 saturated carbocycles. The molecule has 0 aliphatic carbocycles. The van der Waals surface area contributed by atoms with E-state index in [4.69, 9.17) is 5.26 Å². The molecule has 0 aliphatic heterocycles. The van der Waals surface area contributed by atoms with Crippen LogP contribution in [0.3, 0.4) is 0 Å². The monoisotopic (exact) mass is 247 g/mol. The summed E-state index contributed by atoms with van der Waals surface area (Å²) < 4.78 is 2.75. The summed E-state index contributed by atoms with van der Waals surface area (Å²) in [4.78, 5) is 3.94. The largest absolute Gasteiger partial charge is 0.305 e. The van der Waals surface area contributed by atoms with Gasteiger partial charge in [0, 0.05) is 16.9 Å². The summed E-state index contributed by atoms with van der Waals surface area (Å²) >= 11 is 3.37. The summed E-state index contributed by atoms with van der Waals surface area (Å²) in [7, 11) is 0. The van der Waals surface area contributed by atoms with Crippen molar-refractivity contribution < 1.29 is 0 Å². The Balaban J connectivity index is 2.63. The van der Waals surface area contributed by atoms with Crippen molar-refractivity contribution in [1.82, 2.24) is 9.55 Å². The fourth-order valence-electron chi connectivity index (χ4n) is 1.21. The molecular weight excluding hydrogens is 242 g/mol. The van der Waals surface area contributed by atoms with Gasteiger partial charge in [0.15, 0.2) is 0 Å². The molecular formula is C10H6BrN3. The van der Waals surface area contributed by atoms with Crippen LogP contribution < -0.4 is 0 Å². The van der Waals surface area contributed by atoms with Crippen LogP contribution in [0.25, 0.3) is 5.69 Å². The second-order valence-corrected chi connectivity index (χ2v) is 3.66. The predicted octanol–water partition coefficient (Wildman–Crippen LogP) is 2.51. The number of nitriles is 1. The molecule has 0 radical (unpaired) electrons. The molecule has 0 N–H and O–H groups in total. The Morgan fingerprint density at radius 3 is 2.93 bits per heavy atom. The zero-order valence-corrected chi connectivity index (χ0v) is 8.77. The zero-order valence-electron chi connectivity index (χ0n) is 7.18. The molecule has 0 saturated heterocycles. The quantitative estimate of drug-likeness (QED) is 0.777. The minimum atomic E-state index is 0.631. The first-order valence-electron chi connectivity index (χ1n) is 3.99. The van der Waals surface area contributed by atoms with Crippen LogP contribution in [0.1, 0.15) is 5.56 Å². The molecule has 2 aromatic rings. The first-order chi connectivity index (χ1) is 6.81. The van der Waals surface area contributed by atoms with Crippen LogP contribution in [0, 0.1) is 11.3 Å². The lowest BCUT2D eigenvalue weighted by Gasteiger charge is -2.04. The molecule has 1 aromatic carbocycles. The first-order valence-corrected chi connectivity index (χ1v) is 4.78. The molecule has 0 atom stereocenters. The highest BCUT2D eigenvalue weighted by molar-refractivity contribution is 9.10. The molecule has 0 aliphatic rings. The molecule has 1 aromatic heterocycles. The normalized spacial score (nSPS) is 9.71. The van der Waals surface area contributed by atoms with Crippen LogP contribution in [0.4, 0.5) is 0 Å². The lowest BCUT2D eigenvalue weighted by molar-refractivity contribution is 1.05. The van der Waals surface area contributed by atoms with Crippen molar-refractivity contribution >= 4 is 15.9 Å². The Hall–Kier alpha value is -1.60. The summed E-state index contributed by atoms with van der Waals surface area (Å²) in [6.45, 7) is 0. The molecule has 4 heteroatoms. The SMILES string of the molecule is N#Cc1ccc(Br)cc1-n1ccnc1. The number of imidazole rings is 1. The molecule has 0 unspecified atom stereocenters. The van der Waals surface area contributed by atoms with E-state index in [1.165, 1.54) is 0 Å². The van der Waals surface area contributed by atoms with Crippen LogP contribution in [0.5, 0.6) is 0 Å². The highest BCUT2D eigenvalue weighted by Gasteiger charge is 2.03. The van der Waals surface area contributed by atoms with E-state index >= 15 is 0 Å². The third-order valence-corrected chi connectivity index (χ3v) is 2.36. The fourth-order valence-corrected chi connectivity index (χ4v) is 1.56. The van der Waals surface area contributed by atoms with Gasteiger partial charge in [0.1, 0.15) is 6.07 Å². The van der Waals surface area contributed by atoms with Gasteiger partial charge < -0.3 is 4.57 Å². The van der Waals surface area contributed by atoms with Gasteiger partial charge >= 0.3 is 0 Å². The molecule has 2 rings (SSSR count). The highest BCUT2D eigenvalue weighted by Crippen LogP contribution is 2.19. The molecule has 68 valence electrons. The van der Waals surface area contributed by atoms with Gasteiger partial charge in [-0.3, -0.25) is 0 Å². The highest BCUT2D eigenvalue weighted by atomic mass is 79.9. The van der Waals surface area contributed by atoms with Gasteiger partial charge in [-0.2, -0.15) is 5.26 Å². The number of benzene rings is 1. The Kier molecular flexibility index (Phi) is 2.33. The Morgan fingerprint density at radius 2 is 2.29 bits per heavy atom. The minimum absolute atomic E-state index is 0.631. The zero-order chi connectivity index (χ0) is 9.97. The van der Waals surface area contributed by atoms with E-state index in [0.717, 1.165) is 10.2 Å². The molecule has 0 spiro atoms. The van der Waals surface area contributed by atoms with Gasteiger partial charge in [-0.05, 0) is 18.2 Å². The van der Waals surface area contributed by atoms with Gasteiger partial charge in [-0.15, -0.1) is 0 Å². The summed E-state index contributed by atoms with van der Waals surface area (Å²) in [5.74, 6) is 0. The van der Waals surface area contributed by atoms with E-state index in [9.17, 15) is 0 Å². The Bertz CT molecular complexity index is 483. The molecule has 0 amide bonds. The number of aromatic nitrogens is 2. The van der Waals surface area contributed by atoms with Crippen LogP contribution >= 0.6 is 15.9 Å². The Morgan fingerprint density at radius 1 is 1.43 bits per heavy atom. The van der Waals surface area contributed by atoms with Gasteiger partial charge in [0.25, 0.3) is 0 Å². The van der Waals surface area contributed by atoms with Crippen LogP contribution in [-0.4, -0.2) is 9.55 Å². The van der Waals surface area contributed by atoms with Crippen molar-refractivity contribution in [3.63, 3.8) is 0 Å². The first kappa shape index (κ1) is 8.97. The maximum absolute atomic E-state index is 8.91. The maximum Gasteiger partial charge on any atom is 0.101 e. The second kappa shape index (κ2) is 3.64. The maximum atomic E-state index is 8.91. The smallest absolute Gasteiger partial charge is 0.101 e. The molecule has 3 nitrogen and oxygen atoms in total. The third-order valence-electron chi connectivity index (χ3n) is 1.86. The average Bonchev–Trinajstić information content (AvgIpc) is 2.70. The number of nitrogens with zero attached hydrogens (tertiary/aromatic N) is 3. The van der Waals surface area contributed by atoms with E-state index < -0.39 is 0 Å². The lowest BCUT2D eigenvalue weighted by Crippen LogP contribution is -1.93. The van der Waals surface area contributed by atoms with E-state index in [2.05, 4.69) is 27.0 Å². The number of rotatable bonds is 1. The Labute approximate surface area is 89.8 Å². The van der Waals surface area contributed by atoms with Crippen molar-refractivity contribution in [2.24, 2.45) is 0 Å².